The maximum atomic E-state index is 12.9. The standard InChI is InChI=1S/C16H17N3O3S2/c1-3-22-13-8-5-4-7-12(13)18-24(20,21)15-11-19(2)17-16(15)14-9-6-10-23-14/h4-11,18H,3H2,1-2H3. The zero-order chi connectivity index (χ0) is 17.2. The zero-order valence-electron chi connectivity index (χ0n) is 13.3. The van der Waals surface area contributed by atoms with Crippen molar-refractivity contribution in [1.82, 2.24) is 9.78 Å². The molecule has 0 unspecified atom stereocenters. The zero-order valence-corrected chi connectivity index (χ0v) is 14.9. The third kappa shape index (κ3) is 3.29. The highest BCUT2D eigenvalue weighted by Crippen LogP contribution is 2.32. The number of para-hydroxylation sites is 2. The van der Waals surface area contributed by atoms with Crippen LogP contribution in [-0.4, -0.2) is 24.8 Å². The van der Waals surface area contributed by atoms with Crippen LogP contribution in [0.5, 0.6) is 5.75 Å². The fourth-order valence-corrected chi connectivity index (χ4v) is 4.33. The number of nitrogens with zero attached hydrogens (tertiary/aromatic N) is 2. The maximum Gasteiger partial charge on any atom is 0.265 e. The van der Waals surface area contributed by atoms with Crippen molar-refractivity contribution in [2.75, 3.05) is 11.3 Å². The molecule has 0 aliphatic carbocycles. The molecule has 0 radical (unpaired) electrons. The fourth-order valence-electron chi connectivity index (χ4n) is 2.28. The van der Waals surface area contributed by atoms with Gasteiger partial charge in [0.1, 0.15) is 16.3 Å². The molecule has 6 nitrogen and oxygen atoms in total. The van der Waals surface area contributed by atoms with E-state index in [0.29, 0.717) is 23.7 Å². The smallest absolute Gasteiger partial charge is 0.265 e. The van der Waals surface area contributed by atoms with Crippen molar-refractivity contribution >= 4 is 27.0 Å². The van der Waals surface area contributed by atoms with Crippen molar-refractivity contribution in [3.63, 3.8) is 0 Å². The first-order chi connectivity index (χ1) is 11.5. The summed E-state index contributed by atoms with van der Waals surface area (Å²) in [5.41, 5.74) is 0.842. The van der Waals surface area contributed by atoms with Crippen LogP contribution in [0.1, 0.15) is 6.92 Å². The van der Waals surface area contributed by atoms with Crippen molar-refractivity contribution in [2.45, 2.75) is 11.8 Å². The first kappa shape index (κ1) is 16.5. The Morgan fingerprint density at radius 2 is 2.04 bits per heavy atom. The van der Waals surface area contributed by atoms with Gasteiger partial charge in [-0.25, -0.2) is 8.42 Å². The Labute approximate surface area is 144 Å². The Morgan fingerprint density at radius 1 is 1.25 bits per heavy atom. The minimum atomic E-state index is -3.80. The lowest BCUT2D eigenvalue weighted by atomic mass is 10.3. The Morgan fingerprint density at radius 3 is 2.75 bits per heavy atom. The molecule has 2 aromatic heterocycles. The van der Waals surface area contributed by atoms with E-state index < -0.39 is 10.0 Å². The molecule has 0 fully saturated rings. The van der Waals surface area contributed by atoms with E-state index in [4.69, 9.17) is 4.74 Å². The number of ether oxygens (including phenoxy) is 1. The molecule has 8 heteroatoms. The molecule has 3 aromatic rings. The number of aryl methyl sites for hydroxylation is 1. The summed E-state index contributed by atoms with van der Waals surface area (Å²) in [6, 6.07) is 10.7. The van der Waals surface area contributed by atoms with Crippen LogP contribution in [0, 0.1) is 0 Å². The molecule has 0 aliphatic rings. The lowest BCUT2D eigenvalue weighted by Crippen LogP contribution is -2.14. The van der Waals surface area contributed by atoms with Crippen LogP contribution in [0.4, 0.5) is 5.69 Å². The molecule has 0 bridgehead atoms. The monoisotopic (exact) mass is 363 g/mol. The van der Waals surface area contributed by atoms with Crippen molar-refractivity contribution in [1.29, 1.82) is 0 Å². The third-order valence-electron chi connectivity index (χ3n) is 3.27. The van der Waals surface area contributed by atoms with Crippen molar-refractivity contribution in [2.24, 2.45) is 7.05 Å². The number of sulfonamides is 1. The van der Waals surface area contributed by atoms with Gasteiger partial charge in [-0.3, -0.25) is 9.40 Å². The van der Waals surface area contributed by atoms with Crippen LogP contribution in [0.2, 0.25) is 0 Å². The minimum absolute atomic E-state index is 0.138. The Kier molecular flexibility index (Phi) is 4.59. The van der Waals surface area contributed by atoms with Crippen LogP contribution in [0.25, 0.3) is 10.6 Å². The Balaban J connectivity index is 2.01. The van der Waals surface area contributed by atoms with Gasteiger partial charge in [0.2, 0.25) is 0 Å². The summed E-state index contributed by atoms with van der Waals surface area (Å²) in [5, 5.41) is 6.18. The van der Waals surface area contributed by atoms with Crippen LogP contribution in [0.15, 0.2) is 52.9 Å². The van der Waals surface area contributed by atoms with Gasteiger partial charge in [0, 0.05) is 13.2 Å². The van der Waals surface area contributed by atoms with Crippen molar-refractivity contribution in [3.8, 4) is 16.3 Å². The lowest BCUT2D eigenvalue weighted by molar-refractivity contribution is 0.342. The molecule has 1 N–H and O–H groups in total. The summed E-state index contributed by atoms with van der Waals surface area (Å²) in [6.45, 7) is 2.30. The van der Waals surface area contributed by atoms with E-state index in [1.54, 1.807) is 31.3 Å². The summed E-state index contributed by atoms with van der Waals surface area (Å²) in [5.74, 6) is 0.491. The number of thiophene rings is 1. The fraction of sp³-hybridized carbons (Fsp3) is 0.188. The highest BCUT2D eigenvalue weighted by molar-refractivity contribution is 7.92. The number of nitrogens with one attached hydrogen (secondary N) is 1. The second-order valence-corrected chi connectivity index (χ2v) is 7.63. The molecule has 0 saturated heterocycles. The van der Waals surface area contributed by atoms with E-state index in [9.17, 15) is 8.42 Å². The number of aromatic nitrogens is 2. The molecule has 0 saturated carbocycles. The number of benzene rings is 1. The molecular formula is C16H17N3O3S2. The summed E-state index contributed by atoms with van der Waals surface area (Å²) in [4.78, 5) is 0.938. The second kappa shape index (κ2) is 6.66. The SMILES string of the molecule is CCOc1ccccc1NS(=O)(=O)c1cn(C)nc1-c1cccs1. The average Bonchev–Trinajstić information content (AvgIpc) is 3.18. The van der Waals surface area contributed by atoms with Gasteiger partial charge < -0.3 is 4.74 Å². The summed E-state index contributed by atoms with van der Waals surface area (Å²) in [7, 11) is -2.10. The molecule has 2 heterocycles. The van der Waals surface area contributed by atoms with Gasteiger partial charge in [-0.15, -0.1) is 11.3 Å². The molecule has 126 valence electrons. The van der Waals surface area contributed by atoms with Gasteiger partial charge in [-0.1, -0.05) is 18.2 Å². The Hall–Kier alpha value is -2.32. The summed E-state index contributed by atoms with van der Waals surface area (Å²) >= 11 is 1.44. The number of anilines is 1. The molecular weight excluding hydrogens is 346 g/mol. The van der Waals surface area contributed by atoms with Gasteiger partial charge in [0.15, 0.2) is 0 Å². The molecule has 3 rings (SSSR count). The van der Waals surface area contributed by atoms with Crippen LogP contribution in [0.3, 0.4) is 0 Å². The maximum absolute atomic E-state index is 12.9. The molecule has 0 spiro atoms. The molecule has 0 amide bonds. The number of hydrogen-bond acceptors (Lipinski definition) is 5. The number of hydrogen-bond donors (Lipinski definition) is 1. The van der Waals surface area contributed by atoms with Crippen LogP contribution >= 0.6 is 11.3 Å². The average molecular weight is 363 g/mol. The molecule has 24 heavy (non-hydrogen) atoms. The summed E-state index contributed by atoms with van der Waals surface area (Å²) in [6.07, 6.45) is 1.50. The lowest BCUT2D eigenvalue weighted by Gasteiger charge is -2.12. The van der Waals surface area contributed by atoms with E-state index in [2.05, 4.69) is 9.82 Å². The van der Waals surface area contributed by atoms with E-state index in [1.165, 1.54) is 22.2 Å². The highest BCUT2D eigenvalue weighted by atomic mass is 32.2. The van der Waals surface area contributed by atoms with Crippen molar-refractivity contribution in [3.05, 3.63) is 48.0 Å². The van der Waals surface area contributed by atoms with Crippen LogP contribution in [-0.2, 0) is 17.1 Å². The second-order valence-electron chi connectivity index (χ2n) is 5.03. The normalized spacial score (nSPS) is 11.4. The first-order valence-corrected chi connectivity index (χ1v) is 9.69. The topological polar surface area (TPSA) is 73.2 Å². The van der Waals surface area contributed by atoms with Gasteiger partial charge in [-0.05, 0) is 30.5 Å². The van der Waals surface area contributed by atoms with Crippen molar-refractivity contribution < 1.29 is 13.2 Å². The predicted octanol–water partition coefficient (Wildman–Crippen LogP) is 3.35. The largest absolute Gasteiger partial charge is 0.492 e. The van der Waals surface area contributed by atoms with Crippen LogP contribution < -0.4 is 9.46 Å². The van der Waals surface area contributed by atoms with Gasteiger partial charge >= 0.3 is 0 Å². The highest BCUT2D eigenvalue weighted by Gasteiger charge is 2.24. The third-order valence-corrected chi connectivity index (χ3v) is 5.51. The minimum Gasteiger partial charge on any atom is -0.492 e. The predicted molar refractivity (Wildman–Crippen MR) is 94.9 cm³/mol. The van der Waals surface area contributed by atoms with E-state index in [1.807, 2.05) is 24.4 Å². The Bertz CT molecular complexity index is 931. The number of rotatable bonds is 6. The quantitative estimate of drug-likeness (QED) is 0.729. The van der Waals surface area contributed by atoms with Gasteiger partial charge in [-0.2, -0.15) is 5.10 Å². The van der Waals surface area contributed by atoms with Gasteiger partial charge in [0.05, 0.1) is 17.2 Å². The summed E-state index contributed by atoms with van der Waals surface area (Å²) < 4.78 is 35.3. The molecule has 1 aromatic carbocycles. The van der Waals surface area contributed by atoms with Gasteiger partial charge in [0.25, 0.3) is 10.0 Å². The first-order valence-electron chi connectivity index (χ1n) is 7.33. The molecule has 0 atom stereocenters. The molecule has 0 aliphatic heterocycles. The van der Waals surface area contributed by atoms with E-state index in [-0.39, 0.29) is 4.90 Å². The van der Waals surface area contributed by atoms with E-state index in [0.717, 1.165) is 4.88 Å². The van der Waals surface area contributed by atoms with E-state index >= 15 is 0 Å².